The van der Waals surface area contributed by atoms with E-state index in [0.29, 0.717) is 19.8 Å². The molecule has 94 valence electrons. The highest BCUT2D eigenvalue weighted by molar-refractivity contribution is 9.10. The van der Waals surface area contributed by atoms with Crippen LogP contribution in [0.1, 0.15) is 19.4 Å². The molecule has 17 heavy (non-hydrogen) atoms. The summed E-state index contributed by atoms with van der Waals surface area (Å²) < 4.78 is 11.9. The molecule has 0 N–H and O–H groups in total. The van der Waals surface area contributed by atoms with Crippen molar-refractivity contribution in [3.8, 4) is 0 Å². The van der Waals surface area contributed by atoms with Gasteiger partial charge in [0.1, 0.15) is 0 Å². The lowest BCUT2D eigenvalue weighted by atomic mass is 10.2. The van der Waals surface area contributed by atoms with Gasteiger partial charge in [-0.15, -0.1) is 0 Å². The first-order chi connectivity index (χ1) is 8.26. The Kier molecular flexibility index (Phi) is 7.08. The monoisotopic (exact) mass is 299 g/mol. The van der Waals surface area contributed by atoms with Crippen molar-refractivity contribution >= 4 is 22.1 Å². The van der Waals surface area contributed by atoms with Gasteiger partial charge in [0.2, 0.25) is 0 Å². The first kappa shape index (κ1) is 14.4. The fourth-order valence-corrected chi connectivity index (χ4v) is 1.58. The molecule has 4 heteroatoms. The van der Waals surface area contributed by atoms with Gasteiger partial charge in [-0.2, -0.15) is 0 Å². The minimum absolute atomic E-state index is 0.239. The first-order valence-electron chi connectivity index (χ1n) is 5.74. The zero-order valence-electron chi connectivity index (χ0n) is 10.2. The minimum Gasteiger partial charge on any atom is -0.351 e. The Labute approximate surface area is 111 Å². The Hall–Kier alpha value is -0.710. The molecule has 0 amide bonds. The Morgan fingerprint density at radius 2 is 1.76 bits per heavy atom. The molecule has 1 rings (SSSR count). The van der Waals surface area contributed by atoms with Crippen LogP contribution < -0.4 is 0 Å². The van der Waals surface area contributed by atoms with Crippen LogP contribution in [0, 0.1) is 0 Å². The quantitative estimate of drug-likeness (QED) is 0.571. The van der Waals surface area contributed by atoms with E-state index >= 15 is 0 Å². The molecule has 0 fully saturated rings. The van der Waals surface area contributed by atoms with Crippen LogP contribution in [0.15, 0.2) is 33.7 Å². The van der Waals surface area contributed by atoms with Crippen LogP contribution in [-0.4, -0.2) is 32.3 Å². The maximum atomic E-state index is 5.40. The average Bonchev–Trinajstić information content (AvgIpc) is 2.32. The number of halogens is 1. The lowest BCUT2D eigenvalue weighted by Gasteiger charge is -2.13. The molecule has 0 aliphatic carbocycles. The third-order valence-corrected chi connectivity index (χ3v) is 2.60. The Balaban J connectivity index is 2.44. The predicted molar refractivity (Wildman–Crippen MR) is 73.6 cm³/mol. The Morgan fingerprint density at radius 1 is 1.18 bits per heavy atom. The van der Waals surface area contributed by atoms with E-state index in [9.17, 15) is 0 Å². The highest BCUT2D eigenvalue weighted by Crippen LogP contribution is 2.09. The van der Waals surface area contributed by atoms with Crippen molar-refractivity contribution in [2.45, 2.75) is 20.1 Å². The standard InChI is InChI=1S/C13H18BrNO2/c1-3-16-13(17-4-2)10-15-9-11-5-7-12(14)8-6-11/h5-9,13H,3-4,10H2,1-2H3. The number of rotatable bonds is 7. The molecule has 1 aromatic rings. The molecule has 0 unspecified atom stereocenters. The van der Waals surface area contributed by atoms with Gasteiger partial charge in [-0.25, -0.2) is 0 Å². The Bertz CT molecular complexity index is 332. The summed E-state index contributed by atoms with van der Waals surface area (Å²) in [5.41, 5.74) is 1.07. The fraction of sp³-hybridized carbons (Fsp3) is 0.462. The number of aliphatic imine (C=N–C) groups is 1. The van der Waals surface area contributed by atoms with Crippen LogP contribution in [-0.2, 0) is 9.47 Å². The van der Waals surface area contributed by atoms with Gasteiger partial charge in [0.15, 0.2) is 6.29 Å². The number of hydrogen-bond donors (Lipinski definition) is 0. The van der Waals surface area contributed by atoms with Gasteiger partial charge in [-0.1, -0.05) is 28.1 Å². The van der Waals surface area contributed by atoms with E-state index in [1.807, 2.05) is 44.3 Å². The van der Waals surface area contributed by atoms with Crippen LogP contribution in [0.4, 0.5) is 0 Å². The average molecular weight is 300 g/mol. The highest BCUT2D eigenvalue weighted by Gasteiger charge is 2.05. The van der Waals surface area contributed by atoms with Gasteiger partial charge in [0.25, 0.3) is 0 Å². The van der Waals surface area contributed by atoms with Crippen LogP contribution in [0.25, 0.3) is 0 Å². The zero-order valence-corrected chi connectivity index (χ0v) is 11.8. The van der Waals surface area contributed by atoms with E-state index in [2.05, 4.69) is 20.9 Å². The first-order valence-corrected chi connectivity index (χ1v) is 6.54. The van der Waals surface area contributed by atoms with Crippen molar-refractivity contribution in [1.82, 2.24) is 0 Å². The summed E-state index contributed by atoms with van der Waals surface area (Å²) in [6.45, 7) is 5.70. The number of nitrogens with zero attached hydrogens (tertiary/aromatic N) is 1. The van der Waals surface area contributed by atoms with Gasteiger partial charge in [-0.05, 0) is 31.5 Å². The van der Waals surface area contributed by atoms with E-state index in [1.165, 1.54) is 0 Å². The second-order valence-corrected chi connectivity index (χ2v) is 4.30. The maximum absolute atomic E-state index is 5.40. The third kappa shape index (κ3) is 5.96. The summed E-state index contributed by atoms with van der Waals surface area (Å²) in [5.74, 6) is 0. The summed E-state index contributed by atoms with van der Waals surface area (Å²) >= 11 is 3.39. The van der Waals surface area contributed by atoms with E-state index in [4.69, 9.17) is 9.47 Å². The smallest absolute Gasteiger partial charge is 0.176 e. The van der Waals surface area contributed by atoms with Crippen molar-refractivity contribution in [2.24, 2.45) is 4.99 Å². The van der Waals surface area contributed by atoms with Gasteiger partial charge in [0, 0.05) is 23.9 Å². The molecule has 3 nitrogen and oxygen atoms in total. The van der Waals surface area contributed by atoms with Crippen molar-refractivity contribution in [2.75, 3.05) is 19.8 Å². The summed E-state index contributed by atoms with van der Waals surface area (Å²) in [5, 5.41) is 0. The molecule has 0 aromatic heterocycles. The summed E-state index contributed by atoms with van der Waals surface area (Å²) in [6, 6.07) is 7.99. The molecule has 0 aliphatic rings. The lowest BCUT2D eigenvalue weighted by molar-refractivity contribution is -0.128. The number of ether oxygens (including phenoxy) is 2. The predicted octanol–water partition coefficient (Wildman–Crippen LogP) is 3.27. The van der Waals surface area contributed by atoms with Crippen molar-refractivity contribution in [3.05, 3.63) is 34.3 Å². The van der Waals surface area contributed by atoms with Gasteiger partial charge in [0.05, 0.1) is 6.54 Å². The van der Waals surface area contributed by atoms with Gasteiger partial charge < -0.3 is 9.47 Å². The van der Waals surface area contributed by atoms with Crippen molar-refractivity contribution in [3.63, 3.8) is 0 Å². The number of benzene rings is 1. The molecule has 0 spiro atoms. The molecule has 0 atom stereocenters. The highest BCUT2D eigenvalue weighted by atomic mass is 79.9. The van der Waals surface area contributed by atoms with Gasteiger partial charge in [-0.3, -0.25) is 4.99 Å². The molecule has 0 bridgehead atoms. The van der Waals surface area contributed by atoms with Crippen LogP contribution in [0.3, 0.4) is 0 Å². The fourth-order valence-electron chi connectivity index (χ4n) is 1.32. The summed E-state index contributed by atoms with van der Waals surface area (Å²) in [4.78, 5) is 4.32. The van der Waals surface area contributed by atoms with Crippen molar-refractivity contribution < 1.29 is 9.47 Å². The second-order valence-electron chi connectivity index (χ2n) is 3.39. The van der Waals surface area contributed by atoms with Crippen LogP contribution in [0.2, 0.25) is 0 Å². The molecule has 0 saturated heterocycles. The topological polar surface area (TPSA) is 30.8 Å². The molecular formula is C13H18BrNO2. The number of hydrogen-bond acceptors (Lipinski definition) is 3. The van der Waals surface area contributed by atoms with Crippen LogP contribution in [0.5, 0.6) is 0 Å². The molecule has 0 aliphatic heterocycles. The normalized spacial score (nSPS) is 11.5. The summed E-state index contributed by atoms with van der Waals surface area (Å²) in [7, 11) is 0. The molecule has 1 aromatic carbocycles. The Morgan fingerprint density at radius 3 is 2.29 bits per heavy atom. The summed E-state index contributed by atoms with van der Waals surface area (Å²) in [6.07, 6.45) is 1.59. The second kappa shape index (κ2) is 8.39. The third-order valence-electron chi connectivity index (χ3n) is 2.07. The SMILES string of the molecule is CCOC(CN=Cc1ccc(Br)cc1)OCC. The minimum atomic E-state index is -0.239. The molecule has 0 radical (unpaired) electrons. The largest absolute Gasteiger partial charge is 0.351 e. The van der Waals surface area contributed by atoms with E-state index in [-0.39, 0.29) is 6.29 Å². The van der Waals surface area contributed by atoms with Crippen molar-refractivity contribution in [1.29, 1.82) is 0 Å². The molecule has 0 heterocycles. The van der Waals surface area contributed by atoms with E-state index < -0.39 is 0 Å². The van der Waals surface area contributed by atoms with E-state index in [0.717, 1.165) is 10.0 Å². The lowest BCUT2D eigenvalue weighted by Crippen LogP contribution is -2.20. The molecule has 0 saturated carbocycles. The maximum Gasteiger partial charge on any atom is 0.176 e. The molecular weight excluding hydrogens is 282 g/mol. The zero-order chi connectivity index (χ0) is 12.5. The van der Waals surface area contributed by atoms with Crippen LogP contribution >= 0.6 is 15.9 Å². The van der Waals surface area contributed by atoms with Gasteiger partial charge >= 0.3 is 0 Å². The van der Waals surface area contributed by atoms with E-state index in [1.54, 1.807) is 0 Å².